The molecule has 1 rings (SSSR count). The highest BCUT2D eigenvalue weighted by molar-refractivity contribution is 5.87. The van der Waals surface area contributed by atoms with Gasteiger partial charge in [-0.3, -0.25) is 0 Å². The smallest absolute Gasteiger partial charge is 0.410 e. The third-order valence-electron chi connectivity index (χ3n) is 3.24. The lowest BCUT2D eigenvalue weighted by molar-refractivity contribution is -0.143. The van der Waals surface area contributed by atoms with Gasteiger partial charge in [-0.05, 0) is 27.2 Å². The molecule has 0 aliphatic carbocycles. The standard InChI is InChI=1S/C14H23NO4/c1-6-14(4,5)19-13(17)15-8-7-11(9-15)18-12(16)10(2)3/h11H,2,6-9H2,1,3-5H3. The molecule has 1 heterocycles. The van der Waals surface area contributed by atoms with Crippen LogP contribution in [0.2, 0.25) is 0 Å². The number of carbonyl (C=O) groups excluding carboxylic acids is 2. The van der Waals surface area contributed by atoms with Crippen LogP contribution < -0.4 is 0 Å². The summed E-state index contributed by atoms with van der Waals surface area (Å²) >= 11 is 0. The molecule has 0 aromatic carbocycles. The lowest BCUT2D eigenvalue weighted by atomic mass is 10.1. The number of amides is 1. The molecule has 19 heavy (non-hydrogen) atoms. The van der Waals surface area contributed by atoms with Crippen LogP contribution in [0.5, 0.6) is 0 Å². The van der Waals surface area contributed by atoms with Crippen molar-refractivity contribution in [2.45, 2.75) is 52.2 Å². The average Bonchev–Trinajstić information content (AvgIpc) is 2.77. The number of esters is 1. The maximum atomic E-state index is 11.9. The number of hydrogen-bond donors (Lipinski definition) is 0. The zero-order valence-corrected chi connectivity index (χ0v) is 12.2. The maximum Gasteiger partial charge on any atom is 0.410 e. The van der Waals surface area contributed by atoms with Gasteiger partial charge in [-0.25, -0.2) is 9.59 Å². The first-order valence-corrected chi connectivity index (χ1v) is 6.59. The van der Waals surface area contributed by atoms with E-state index in [4.69, 9.17) is 9.47 Å². The molecule has 0 N–H and O–H groups in total. The number of ether oxygens (including phenoxy) is 2. The minimum absolute atomic E-state index is 0.263. The predicted octanol–water partition coefficient (Wildman–Crippen LogP) is 2.51. The first kappa shape index (κ1) is 15.5. The summed E-state index contributed by atoms with van der Waals surface area (Å²) in [5.74, 6) is -0.408. The van der Waals surface area contributed by atoms with Gasteiger partial charge >= 0.3 is 12.1 Å². The van der Waals surface area contributed by atoms with Crippen LogP contribution in [0.1, 0.15) is 40.5 Å². The van der Waals surface area contributed by atoms with Gasteiger partial charge in [0.25, 0.3) is 0 Å². The molecule has 0 spiro atoms. The summed E-state index contributed by atoms with van der Waals surface area (Å²) < 4.78 is 10.6. The highest BCUT2D eigenvalue weighted by Crippen LogP contribution is 2.19. The van der Waals surface area contributed by atoms with Crippen molar-refractivity contribution in [2.24, 2.45) is 0 Å². The van der Waals surface area contributed by atoms with Crippen molar-refractivity contribution in [2.75, 3.05) is 13.1 Å². The molecule has 0 aromatic rings. The van der Waals surface area contributed by atoms with Gasteiger partial charge in [0.15, 0.2) is 0 Å². The molecule has 0 aromatic heterocycles. The first-order valence-electron chi connectivity index (χ1n) is 6.59. The van der Waals surface area contributed by atoms with E-state index in [1.165, 1.54) is 0 Å². The molecule has 1 atom stereocenters. The predicted molar refractivity (Wildman–Crippen MR) is 71.7 cm³/mol. The van der Waals surface area contributed by atoms with Gasteiger partial charge in [0.05, 0.1) is 6.54 Å². The number of rotatable bonds is 4. The molecule has 1 aliphatic heterocycles. The van der Waals surface area contributed by atoms with E-state index in [-0.39, 0.29) is 12.2 Å². The Morgan fingerprint density at radius 3 is 2.58 bits per heavy atom. The van der Waals surface area contributed by atoms with Gasteiger partial charge in [-0.15, -0.1) is 0 Å². The Balaban J connectivity index is 2.46. The normalized spacial score (nSPS) is 19.2. The first-order chi connectivity index (χ1) is 8.75. The largest absolute Gasteiger partial charge is 0.457 e. The highest BCUT2D eigenvalue weighted by Gasteiger charge is 2.32. The number of hydrogen-bond acceptors (Lipinski definition) is 4. The molecular weight excluding hydrogens is 246 g/mol. The zero-order valence-electron chi connectivity index (χ0n) is 12.2. The molecule has 1 saturated heterocycles. The minimum atomic E-state index is -0.469. The second-order valence-corrected chi connectivity index (χ2v) is 5.52. The van der Waals surface area contributed by atoms with Gasteiger partial charge in [0.1, 0.15) is 11.7 Å². The van der Waals surface area contributed by atoms with Crippen molar-refractivity contribution in [1.82, 2.24) is 4.90 Å². The topological polar surface area (TPSA) is 55.8 Å². The number of nitrogens with zero attached hydrogens (tertiary/aromatic N) is 1. The van der Waals surface area contributed by atoms with Crippen molar-refractivity contribution in [3.05, 3.63) is 12.2 Å². The van der Waals surface area contributed by atoms with Crippen LogP contribution >= 0.6 is 0 Å². The molecule has 5 heteroatoms. The minimum Gasteiger partial charge on any atom is -0.457 e. The molecule has 0 radical (unpaired) electrons. The number of likely N-dealkylation sites (tertiary alicyclic amines) is 1. The fourth-order valence-electron chi connectivity index (χ4n) is 1.62. The summed E-state index contributed by atoms with van der Waals surface area (Å²) in [6.45, 7) is 11.8. The molecule has 0 bridgehead atoms. The van der Waals surface area contributed by atoms with Crippen LogP contribution in [0.4, 0.5) is 4.79 Å². The van der Waals surface area contributed by atoms with Crippen LogP contribution in [0.25, 0.3) is 0 Å². The van der Waals surface area contributed by atoms with E-state index in [0.717, 1.165) is 6.42 Å². The Labute approximate surface area is 114 Å². The maximum absolute atomic E-state index is 11.9. The fraction of sp³-hybridized carbons (Fsp3) is 0.714. The van der Waals surface area contributed by atoms with Crippen LogP contribution in [0, 0.1) is 0 Å². The van der Waals surface area contributed by atoms with Crippen molar-refractivity contribution in [1.29, 1.82) is 0 Å². The van der Waals surface area contributed by atoms with E-state index in [1.54, 1.807) is 11.8 Å². The van der Waals surface area contributed by atoms with Crippen molar-refractivity contribution >= 4 is 12.1 Å². The Morgan fingerprint density at radius 2 is 2.05 bits per heavy atom. The van der Waals surface area contributed by atoms with Gasteiger partial charge in [0.2, 0.25) is 0 Å². The van der Waals surface area contributed by atoms with Gasteiger partial charge < -0.3 is 14.4 Å². The Morgan fingerprint density at radius 1 is 1.42 bits per heavy atom. The van der Waals surface area contributed by atoms with Gasteiger partial charge in [-0.2, -0.15) is 0 Å². The van der Waals surface area contributed by atoms with Crippen molar-refractivity contribution in [3.63, 3.8) is 0 Å². The molecule has 1 amide bonds. The van der Waals surface area contributed by atoms with Gasteiger partial charge in [-0.1, -0.05) is 13.5 Å². The highest BCUT2D eigenvalue weighted by atomic mass is 16.6. The van der Waals surface area contributed by atoms with Crippen molar-refractivity contribution in [3.8, 4) is 0 Å². The van der Waals surface area contributed by atoms with E-state index >= 15 is 0 Å². The summed E-state index contributed by atoms with van der Waals surface area (Å²) in [6, 6.07) is 0. The molecule has 1 unspecified atom stereocenters. The summed E-state index contributed by atoms with van der Waals surface area (Å²) in [6.07, 6.45) is 0.781. The zero-order chi connectivity index (χ0) is 14.6. The Kier molecular flexibility index (Phi) is 4.97. The van der Waals surface area contributed by atoms with E-state index < -0.39 is 11.6 Å². The van der Waals surface area contributed by atoms with Gasteiger partial charge in [0, 0.05) is 18.5 Å². The molecule has 108 valence electrons. The second-order valence-electron chi connectivity index (χ2n) is 5.52. The molecule has 0 saturated carbocycles. The average molecular weight is 269 g/mol. The summed E-state index contributed by atoms with van der Waals surface area (Å²) in [4.78, 5) is 24.9. The third-order valence-corrected chi connectivity index (χ3v) is 3.24. The molecule has 1 fully saturated rings. The Hall–Kier alpha value is -1.52. The third kappa shape index (κ3) is 4.58. The van der Waals surface area contributed by atoms with E-state index in [1.807, 2.05) is 20.8 Å². The monoisotopic (exact) mass is 269 g/mol. The summed E-state index contributed by atoms with van der Waals surface area (Å²) in [5.41, 5.74) is -0.100. The van der Waals surface area contributed by atoms with Crippen LogP contribution in [-0.4, -0.2) is 41.8 Å². The van der Waals surface area contributed by atoms with Crippen LogP contribution in [-0.2, 0) is 14.3 Å². The fourth-order valence-corrected chi connectivity index (χ4v) is 1.62. The Bertz CT molecular complexity index is 376. The van der Waals surface area contributed by atoms with E-state index in [0.29, 0.717) is 25.1 Å². The van der Waals surface area contributed by atoms with E-state index in [2.05, 4.69) is 6.58 Å². The van der Waals surface area contributed by atoms with Crippen molar-refractivity contribution < 1.29 is 19.1 Å². The molecule has 1 aliphatic rings. The lowest BCUT2D eigenvalue weighted by Gasteiger charge is -2.26. The van der Waals surface area contributed by atoms with Crippen LogP contribution in [0.3, 0.4) is 0 Å². The summed E-state index contributed by atoms with van der Waals surface area (Å²) in [7, 11) is 0. The quantitative estimate of drug-likeness (QED) is 0.581. The van der Waals surface area contributed by atoms with E-state index in [9.17, 15) is 9.59 Å². The number of carbonyl (C=O) groups is 2. The summed E-state index contributed by atoms with van der Waals surface area (Å²) in [5, 5.41) is 0. The SMILES string of the molecule is C=C(C)C(=O)OC1CCN(C(=O)OC(C)(C)CC)C1. The molecular formula is C14H23NO4. The lowest BCUT2D eigenvalue weighted by Crippen LogP contribution is -2.37. The van der Waals surface area contributed by atoms with Crippen LogP contribution in [0.15, 0.2) is 12.2 Å². The second kappa shape index (κ2) is 6.08. The molecule has 5 nitrogen and oxygen atoms in total.